The molecule has 0 bridgehead atoms. The SMILES string of the molecule is CNC(=O)[C@@H](NC(=O)CN(CCO)CC(F)(F)F)c1ccccc1. The van der Waals surface area contributed by atoms with E-state index in [1.807, 2.05) is 0 Å². The van der Waals surface area contributed by atoms with Crippen LogP contribution in [0.3, 0.4) is 0 Å². The smallest absolute Gasteiger partial charge is 0.395 e. The molecule has 1 atom stereocenters. The first-order valence-corrected chi connectivity index (χ1v) is 7.22. The number of hydrogen-bond donors (Lipinski definition) is 3. The normalized spacial score (nSPS) is 12.8. The van der Waals surface area contributed by atoms with E-state index in [1.165, 1.54) is 7.05 Å². The van der Waals surface area contributed by atoms with Crippen molar-refractivity contribution in [2.75, 3.05) is 33.3 Å². The lowest BCUT2D eigenvalue weighted by Crippen LogP contribution is -2.46. The van der Waals surface area contributed by atoms with Crippen LogP contribution in [0.1, 0.15) is 11.6 Å². The fourth-order valence-electron chi connectivity index (χ4n) is 2.11. The Kier molecular flexibility index (Phi) is 7.66. The summed E-state index contributed by atoms with van der Waals surface area (Å²) in [5, 5.41) is 13.6. The van der Waals surface area contributed by atoms with E-state index >= 15 is 0 Å². The molecule has 0 spiro atoms. The van der Waals surface area contributed by atoms with Crippen LogP contribution >= 0.6 is 0 Å². The van der Waals surface area contributed by atoms with Crippen molar-refractivity contribution in [1.82, 2.24) is 15.5 Å². The molecule has 0 aliphatic carbocycles. The summed E-state index contributed by atoms with van der Waals surface area (Å²) >= 11 is 0. The zero-order valence-electron chi connectivity index (χ0n) is 13.1. The zero-order chi connectivity index (χ0) is 18.2. The molecule has 0 aliphatic heterocycles. The van der Waals surface area contributed by atoms with Gasteiger partial charge in [0, 0.05) is 13.6 Å². The lowest BCUT2D eigenvalue weighted by molar-refractivity contribution is -0.150. The van der Waals surface area contributed by atoms with Crippen molar-refractivity contribution >= 4 is 11.8 Å². The van der Waals surface area contributed by atoms with Gasteiger partial charge in [-0.1, -0.05) is 30.3 Å². The van der Waals surface area contributed by atoms with Gasteiger partial charge in [-0.25, -0.2) is 0 Å². The Morgan fingerprint density at radius 3 is 2.38 bits per heavy atom. The molecule has 1 rings (SSSR count). The van der Waals surface area contributed by atoms with Gasteiger partial charge >= 0.3 is 6.18 Å². The Morgan fingerprint density at radius 2 is 1.88 bits per heavy atom. The largest absolute Gasteiger partial charge is 0.401 e. The van der Waals surface area contributed by atoms with E-state index in [9.17, 15) is 22.8 Å². The van der Waals surface area contributed by atoms with E-state index in [0.717, 1.165) is 4.90 Å². The minimum Gasteiger partial charge on any atom is -0.395 e. The summed E-state index contributed by atoms with van der Waals surface area (Å²) in [6, 6.07) is 7.34. The van der Waals surface area contributed by atoms with Crippen LogP contribution < -0.4 is 10.6 Å². The van der Waals surface area contributed by atoms with Gasteiger partial charge in [0.25, 0.3) is 0 Å². The minimum atomic E-state index is -4.49. The van der Waals surface area contributed by atoms with Crippen molar-refractivity contribution in [2.24, 2.45) is 0 Å². The van der Waals surface area contributed by atoms with Crippen molar-refractivity contribution < 1.29 is 27.9 Å². The summed E-state index contributed by atoms with van der Waals surface area (Å²) in [6.07, 6.45) is -4.49. The highest BCUT2D eigenvalue weighted by Gasteiger charge is 2.32. The second-order valence-electron chi connectivity index (χ2n) is 5.07. The molecule has 6 nitrogen and oxygen atoms in total. The number of alkyl halides is 3. The number of amides is 2. The minimum absolute atomic E-state index is 0.303. The average Bonchev–Trinajstić information content (AvgIpc) is 2.51. The average molecular weight is 347 g/mol. The van der Waals surface area contributed by atoms with E-state index in [-0.39, 0.29) is 6.54 Å². The highest BCUT2D eigenvalue weighted by molar-refractivity contribution is 5.89. The Bertz CT molecular complexity index is 538. The molecular weight excluding hydrogens is 327 g/mol. The van der Waals surface area contributed by atoms with Crippen LogP contribution in [-0.2, 0) is 9.59 Å². The first kappa shape index (κ1) is 19.9. The zero-order valence-corrected chi connectivity index (χ0v) is 13.1. The summed E-state index contributed by atoms with van der Waals surface area (Å²) in [4.78, 5) is 24.7. The predicted molar refractivity (Wildman–Crippen MR) is 81.0 cm³/mol. The van der Waals surface area contributed by atoms with Crippen LogP contribution in [0.15, 0.2) is 30.3 Å². The fraction of sp³-hybridized carbons (Fsp3) is 0.467. The van der Waals surface area contributed by atoms with Crippen LogP contribution in [0.5, 0.6) is 0 Å². The van der Waals surface area contributed by atoms with E-state index < -0.39 is 43.7 Å². The number of hydrogen-bond acceptors (Lipinski definition) is 4. The number of nitrogens with zero attached hydrogens (tertiary/aromatic N) is 1. The maximum Gasteiger partial charge on any atom is 0.401 e. The van der Waals surface area contributed by atoms with Gasteiger partial charge in [-0.15, -0.1) is 0 Å². The molecule has 0 fully saturated rings. The summed E-state index contributed by atoms with van der Waals surface area (Å²) in [5.74, 6) is -1.23. The van der Waals surface area contributed by atoms with Crippen molar-refractivity contribution in [3.8, 4) is 0 Å². The molecule has 24 heavy (non-hydrogen) atoms. The van der Waals surface area contributed by atoms with Crippen molar-refractivity contribution in [3.63, 3.8) is 0 Å². The summed E-state index contributed by atoms with van der Waals surface area (Å²) in [5.41, 5.74) is 0.509. The lowest BCUT2D eigenvalue weighted by Gasteiger charge is -2.24. The van der Waals surface area contributed by atoms with Crippen LogP contribution in [-0.4, -0.2) is 61.3 Å². The van der Waals surface area contributed by atoms with Crippen LogP contribution in [0, 0.1) is 0 Å². The Labute approximate surface area is 137 Å². The molecule has 0 aliphatic rings. The monoisotopic (exact) mass is 347 g/mol. The van der Waals surface area contributed by atoms with Crippen LogP contribution in [0.25, 0.3) is 0 Å². The van der Waals surface area contributed by atoms with Gasteiger partial charge in [-0.2, -0.15) is 13.2 Å². The van der Waals surface area contributed by atoms with E-state index in [4.69, 9.17) is 5.11 Å². The van der Waals surface area contributed by atoms with Gasteiger partial charge in [-0.3, -0.25) is 14.5 Å². The first-order chi connectivity index (χ1) is 11.3. The third-order valence-corrected chi connectivity index (χ3v) is 3.13. The van der Waals surface area contributed by atoms with Crippen molar-refractivity contribution in [3.05, 3.63) is 35.9 Å². The summed E-state index contributed by atoms with van der Waals surface area (Å²) in [7, 11) is 1.39. The quantitative estimate of drug-likeness (QED) is 0.638. The summed E-state index contributed by atoms with van der Waals surface area (Å²) in [6.45, 7) is -2.72. The number of likely N-dealkylation sites (N-methyl/N-ethyl adjacent to an activating group) is 1. The number of carbonyl (C=O) groups excluding carboxylic acids is 2. The number of carbonyl (C=O) groups is 2. The van der Waals surface area contributed by atoms with Gasteiger partial charge in [0.05, 0.1) is 19.7 Å². The molecule has 0 aromatic heterocycles. The van der Waals surface area contributed by atoms with Crippen LogP contribution in [0.4, 0.5) is 13.2 Å². The van der Waals surface area contributed by atoms with Gasteiger partial charge in [-0.05, 0) is 5.56 Å². The third-order valence-electron chi connectivity index (χ3n) is 3.13. The second kappa shape index (κ2) is 9.24. The molecule has 1 aromatic carbocycles. The van der Waals surface area contributed by atoms with E-state index in [0.29, 0.717) is 5.56 Å². The topological polar surface area (TPSA) is 81.7 Å². The molecule has 1 aromatic rings. The maximum absolute atomic E-state index is 12.5. The predicted octanol–water partition coefficient (Wildman–Crippen LogP) is 0.446. The van der Waals surface area contributed by atoms with Gasteiger partial charge in [0.2, 0.25) is 11.8 Å². The number of rotatable bonds is 8. The third kappa shape index (κ3) is 6.97. The molecular formula is C15H20F3N3O3. The molecule has 3 N–H and O–H groups in total. The molecule has 0 unspecified atom stereocenters. The van der Waals surface area contributed by atoms with Gasteiger partial charge in [0.1, 0.15) is 6.04 Å². The highest BCUT2D eigenvalue weighted by Crippen LogP contribution is 2.16. The summed E-state index contributed by atoms with van der Waals surface area (Å²) < 4.78 is 37.4. The molecule has 0 saturated heterocycles. The Morgan fingerprint density at radius 1 is 1.25 bits per heavy atom. The standard InChI is InChI=1S/C15H20F3N3O3/c1-19-14(24)13(11-5-3-2-4-6-11)20-12(23)9-21(7-8-22)10-15(16,17)18/h2-6,13,22H,7-10H2,1H3,(H,19,24)(H,20,23)/t13-/m0/s1. The van der Waals surface area contributed by atoms with Gasteiger partial charge < -0.3 is 15.7 Å². The number of halogens is 3. The van der Waals surface area contributed by atoms with Crippen LogP contribution in [0.2, 0.25) is 0 Å². The highest BCUT2D eigenvalue weighted by atomic mass is 19.4. The molecule has 0 radical (unpaired) electrons. The van der Waals surface area contributed by atoms with Crippen molar-refractivity contribution in [1.29, 1.82) is 0 Å². The molecule has 134 valence electrons. The molecule has 2 amide bonds. The number of benzene rings is 1. The first-order valence-electron chi connectivity index (χ1n) is 7.22. The fourth-order valence-corrected chi connectivity index (χ4v) is 2.11. The van der Waals surface area contributed by atoms with E-state index in [1.54, 1.807) is 30.3 Å². The Balaban J connectivity index is 2.78. The van der Waals surface area contributed by atoms with Crippen molar-refractivity contribution in [2.45, 2.75) is 12.2 Å². The Hall–Kier alpha value is -2.13. The number of nitrogens with one attached hydrogen (secondary N) is 2. The lowest BCUT2D eigenvalue weighted by atomic mass is 10.1. The van der Waals surface area contributed by atoms with E-state index in [2.05, 4.69) is 10.6 Å². The maximum atomic E-state index is 12.5. The second-order valence-corrected chi connectivity index (χ2v) is 5.07. The number of aliphatic hydroxyl groups is 1. The number of aliphatic hydroxyl groups excluding tert-OH is 1. The molecule has 0 saturated carbocycles. The van der Waals surface area contributed by atoms with Gasteiger partial charge in [0.15, 0.2) is 0 Å². The molecule has 0 heterocycles. The molecule has 9 heteroatoms.